The number of nitrogens with zero attached hydrogens (tertiary/aromatic N) is 1. The summed E-state index contributed by atoms with van der Waals surface area (Å²) in [6.45, 7) is 5.30. The van der Waals surface area contributed by atoms with Crippen LogP contribution >= 0.6 is 0 Å². The molecule has 0 aromatic rings. The third-order valence-electron chi connectivity index (χ3n) is 2.05. The van der Waals surface area contributed by atoms with Gasteiger partial charge < -0.3 is 20.3 Å². The van der Waals surface area contributed by atoms with E-state index in [-0.39, 0.29) is 19.0 Å². The normalized spacial score (nSPS) is 19.7. The van der Waals surface area contributed by atoms with Gasteiger partial charge in [-0.3, -0.25) is 0 Å². The molecule has 1 aliphatic heterocycles. The van der Waals surface area contributed by atoms with Crippen molar-refractivity contribution in [3.8, 4) is 0 Å². The van der Waals surface area contributed by atoms with Crippen molar-refractivity contribution in [3.05, 3.63) is 24.0 Å². The second kappa shape index (κ2) is 5.88. The zero-order valence-electron chi connectivity index (χ0n) is 10.9. The molecule has 0 aromatic heterocycles. The van der Waals surface area contributed by atoms with Gasteiger partial charge in [0.25, 0.3) is 0 Å². The highest BCUT2D eigenvalue weighted by Crippen LogP contribution is 2.18. The molecule has 1 rings (SSSR count). The third-order valence-corrected chi connectivity index (χ3v) is 2.05. The number of carbonyl (C=O) groups excluding carboxylic acids is 1. The lowest BCUT2D eigenvalue weighted by atomic mass is 10.2. The predicted octanol–water partition coefficient (Wildman–Crippen LogP) is 0.928. The van der Waals surface area contributed by atoms with Gasteiger partial charge in [0.1, 0.15) is 11.4 Å². The quantitative estimate of drug-likeness (QED) is 0.784. The van der Waals surface area contributed by atoms with E-state index in [0.29, 0.717) is 0 Å². The summed E-state index contributed by atoms with van der Waals surface area (Å²) in [5.41, 5.74) is 5.14. The number of nitrogens with two attached hydrogens (primary N) is 1. The van der Waals surface area contributed by atoms with Crippen molar-refractivity contribution < 1.29 is 19.4 Å². The summed E-state index contributed by atoms with van der Waals surface area (Å²) in [5, 5.41) is 8.74. The number of rotatable bonds is 3. The SMILES string of the molecule is CC(C)(C)OC(=O)N1C(N)=CC=CC1OCCO. The number of aliphatic hydroxyl groups excluding tert-OH is 1. The summed E-state index contributed by atoms with van der Waals surface area (Å²) in [6.07, 6.45) is 3.71. The molecule has 0 fully saturated rings. The maximum absolute atomic E-state index is 12.0. The highest BCUT2D eigenvalue weighted by molar-refractivity contribution is 5.71. The molecule has 6 heteroatoms. The van der Waals surface area contributed by atoms with Gasteiger partial charge in [-0.05, 0) is 32.9 Å². The van der Waals surface area contributed by atoms with Crippen LogP contribution in [0.5, 0.6) is 0 Å². The summed E-state index contributed by atoms with van der Waals surface area (Å²) < 4.78 is 10.6. The Balaban J connectivity index is 2.77. The lowest BCUT2D eigenvalue weighted by Gasteiger charge is -2.33. The van der Waals surface area contributed by atoms with Crippen LogP contribution in [-0.2, 0) is 9.47 Å². The van der Waals surface area contributed by atoms with Crippen molar-refractivity contribution in [1.82, 2.24) is 4.90 Å². The minimum Gasteiger partial charge on any atom is -0.443 e. The molecule has 0 aliphatic carbocycles. The number of carbonyl (C=O) groups is 1. The van der Waals surface area contributed by atoms with Crippen LogP contribution in [0.1, 0.15) is 20.8 Å². The fourth-order valence-electron chi connectivity index (χ4n) is 1.39. The predicted molar refractivity (Wildman–Crippen MR) is 66.3 cm³/mol. The minimum atomic E-state index is -0.656. The second-order valence-corrected chi connectivity index (χ2v) is 4.81. The van der Waals surface area contributed by atoms with Gasteiger partial charge >= 0.3 is 6.09 Å². The first-order valence-electron chi connectivity index (χ1n) is 5.74. The van der Waals surface area contributed by atoms with Crippen LogP contribution < -0.4 is 5.73 Å². The summed E-state index contributed by atoms with van der Waals surface area (Å²) >= 11 is 0. The lowest BCUT2D eigenvalue weighted by molar-refractivity contribution is -0.0416. The maximum atomic E-state index is 12.0. The summed E-state index contributed by atoms with van der Waals surface area (Å²) in [6, 6.07) is 0. The molecule has 0 bridgehead atoms. The van der Waals surface area contributed by atoms with E-state index >= 15 is 0 Å². The fraction of sp³-hybridized carbons (Fsp3) is 0.583. The van der Waals surface area contributed by atoms with Crippen LogP contribution in [0.25, 0.3) is 0 Å². The molecule has 0 saturated carbocycles. The minimum absolute atomic E-state index is 0.113. The number of amides is 1. The Morgan fingerprint density at radius 2 is 2.22 bits per heavy atom. The molecular formula is C12H20N2O4. The van der Waals surface area contributed by atoms with E-state index in [1.807, 2.05) is 0 Å². The Hall–Kier alpha value is -1.53. The fourth-order valence-corrected chi connectivity index (χ4v) is 1.39. The molecule has 1 aliphatic rings. The Kier molecular flexibility index (Phi) is 4.75. The molecule has 1 atom stereocenters. The van der Waals surface area contributed by atoms with Gasteiger partial charge in [-0.25, -0.2) is 9.69 Å². The largest absolute Gasteiger partial charge is 0.443 e. The van der Waals surface area contributed by atoms with Crippen LogP contribution in [0.4, 0.5) is 4.79 Å². The van der Waals surface area contributed by atoms with Crippen LogP contribution in [-0.4, -0.2) is 41.1 Å². The highest BCUT2D eigenvalue weighted by atomic mass is 16.6. The molecule has 6 nitrogen and oxygen atoms in total. The molecule has 102 valence electrons. The monoisotopic (exact) mass is 256 g/mol. The van der Waals surface area contributed by atoms with Gasteiger partial charge in [-0.1, -0.05) is 6.08 Å². The molecule has 1 heterocycles. The smallest absolute Gasteiger partial charge is 0.418 e. The standard InChI is InChI=1S/C12H20N2O4/c1-12(2,3)18-11(16)14-9(13)5-4-6-10(14)17-8-7-15/h4-6,10,15H,7-8,13H2,1-3H3. The number of allylic oxidation sites excluding steroid dienone is 2. The van der Waals surface area contributed by atoms with Crippen LogP contribution in [0.3, 0.4) is 0 Å². The number of aliphatic hydroxyl groups is 1. The lowest BCUT2D eigenvalue weighted by Crippen LogP contribution is -2.46. The number of hydrogen-bond donors (Lipinski definition) is 2. The molecule has 1 unspecified atom stereocenters. The topological polar surface area (TPSA) is 85.0 Å². The zero-order valence-corrected chi connectivity index (χ0v) is 10.9. The first kappa shape index (κ1) is 14.5. The van der Waals surface area contributed by atoms with Crippen molar-refractivity contribution in [2.45, 2.75) is 32.6 Å². The summed E-state index contributed by atoms with van der Waals surface area (Å²) in [7, 11) is 0. The third kappa shape index (κ3) is 4.05. The second-order valence-electron chi connectivity index (χ2n) is 4.81. The van der Waals surface area contributed by atoms with E-state index in [0.717, 1.165) is 0 Å². The average Bonchev–Trinajstić information content (AvgIpc) is 2.23. The van der Waals surface area contributed by atoms with E-state index in [9.17, 15) is 4.79 Å². The first-order chi connectivity index (χ1) is 8.35. The molecule has 0 radical (unpaired) electrons. The first-order valence-corrected chi connectivity index (χ1v) is 5.74. The van der Waals surface area contributed by atoms with Gasteiger partial charge in [0.2, 0.25) is 0 Å². The zero-order chi connectivity index (χ0) is 13.8. The molecule has 0 aromatic carbocycles. The Morgan fingerprint density at radius 1 is 1.56 bits per heavy atom. The molecule has 0 saturated heterocycles. The van der Waals surface area contributed by atoms with Crippen LogP contribution in [0.2, 0.25) is 0 Å². The van der Waals surface area contributed by atoms with E-state index in [1.54, 1.807) is 39.0 Å². The average molecular weight is 256 g/mol. The van der Waals surface area contributed by atoms with Crippen molar-refractivity contribution in [2.24, 2.45) is 5.73 Å². The molecule has 3 N–H and O–H groups in total. The summed E-state index contributed by atoms with van der Waals surface area (Å²) in [5.74, 6) is 0.245. The Morgan fingerprint density at radius 3 is 2.78 bits per heavy atom. The molecule has 18 heavy (non-hydrogen) atoms. The van der Waals surface area contributed by atoms with Crippen molar-refractivity contribution in [2.75, 3.05) is 13.2 Å². The van der Waals surface area contributed by atoms with Gasteiger partial charge in [-0.2, -0.15) is 0 Å². The van der Waals surface area contributed by atoms with E-state index in [2.05, 4.69) is 0 Å². The Labute approximate surface area is 107 Å². The van der Waals surface area contributed by atoms with E-state index < -0.39 is 17.9 Å². The van der Waals surface area contributed by atoms with Crippen molar-refractivity contribution >= 4 is 6.09 Å². The van der Waals surface area contributed by atoms with Gasteiger partial charge in [-0.15, -0.1) is 0 Å². The van der Waals surface area contributed by atoms with Crippen molar-refractivity contribution in [3.63, 3.8) is 0 Å². The highest BCUT2D eigenvalue weighted by Gasteiger charge is 2.30. The van der Waals surface area contributed by atoms with E-state index in [4.69, 9.17) is 20.3 Å². The molecule has 1 amide bonds. The number of hydrogen-bond acceptors (Lipinski definition) is 5. The van der Waals surface area contributed by atoms with Crippen molar-refractivity contribution in [1.29, 1.82) is 0 Å². The van der Waals surface area contributed by atoms with Gasteiger partial charge in [0.15, 0.2) is 6.23 Å². The summed E-state index contributed by atoms with van der Waals surface area (Å²) in [4.78, 5) is 13.2. The van der Waals surface area contributed by atoms with E-state index in [1.165, 1.54) is 4.90 Å². The van der Waals surface area contributed by atoms with Crippen LogP contribution in [0, 0.1) is 0 Å². The molecule has 0 spiro atoms. The van der Waals surface area contributed by atoms with Crippen LogP contribution in [0.15, 0.2) is 24.0 Å². The van der Waals surface area contributed by atoms with Gasteiger partial charge in [0.05, 0.1) is 13.2 Å². The number of ether oxygens (including phenoxy) is 2. The maximum Gasteiger partial charge on any atom is 0.418 e. The Bertz CT molecular complexity index is 358. The van der Waals surface area contributed by atoms with Gasteiger partial charge in [0, 0.05) is 0 Å². The molecular weight excluding hydrogens is 236 g/mol.